The summed E-state index contributed by atoms with van der Waals surface area (Å²) in [5, 5.41) is 2.85. The third kappa shape index (κ3) is 2.12. The Hall–Kier alpha value is -2.20. The van der Waals surface area contributed by atoms with Gasteiger partial charge in [-0.05, 0) is 37.1 Å². The Bertz CT molecular complexity index is 724. The first-order valence-electron chi connectivity index (χ1n) is 6.87. The van der Waals surface area contributed by atoms with Crippen LogP contribution in [-0.4, -0.2) is 5.91 Å². The fraction of sp³-hybridized carbons (Fsp3) is 0.235. The topological polar surface area (TPSA) is 55.1 Å². The number of carbonyl (C=O) groups excluding carboxylic acids is 1. The zero-order valence-electron chi connectivity index (χ0n) is 12.0. The molecule has 2 aromatic rings. The van der Waals surface area contributed by atoms with Gasteiger partial charge in [-0.15, -0.1) is 0 Å². The van der Waals surface area contributed by atoms with Crippen molar-refractivity contribution >= 4 is 11.6 Å². The fourth-order valence-electron chi connectivity index (χ4n) is 2.69. The number of hydrogen-bond acceptors (Lipinski definition) is 2. The van der Waals surface area contributed by atoms with Gasteiger partial charge in [0.05, 0.1) is 11.5 Å². The maximum absolute atomic E-state index is 13.9. The van der Waals surface area contributed by atoms with Crippen molar-refractivity contribution in [3.8, 4) is 0 Å². The number of fused-ring (bicyclic) bond motifs is 1. The molecule has 1 heterocycles. The molecule has 4 heteroatoms. The molecule has 1 aliphatic rings. The van der Waals surface area contributed by atoms with Gasteiger partial charge in [-0.25, -0.2) is 4.39 Å². The lowest BCUT2D eigenvalue weighted by Crippen LogP contribution is -2.27. The predicted octanol–water partition coefficient (Wildman–Crippen LogP) is 3.10. The molecule has 0 fully saturated rings. The number of nitrogens with two attached hydrogens (primary N) is 1. The smallest absolute Gasteiger partial charge is 0.234 e. The molecule has 0 bridgehead atoms. The first-order valence-corrected chi connectivity index (χ1v) is 6.87. The highest BCUT2D eigenvalue weighted by Gasteiger charge is 2.38. The molecule has 3 rings (SSSR count). The van der Waals surface area contributed by atoms with Crippen molar-refractivity contribution in [3.63, 3.8) is 0 Å². The summed E-state index contributed by atoms with van der Waals surface area (Å²) in [5.41, 5.74) is 8.54. The lowest BCUT2D eigenvalue weighted by Gasteiger charge is -2.18. The SMILES string of the molecule is CC1(C)C(=O)Nc2ccc(C(N)c3ccccc3F)cc21. The molecule has 2 aromatic carbocycles. The summed E-state index contributed by atoms with van der Waals surface area (Å²) in [6.45, 7) is 3.74. The molecule has 1 aliphatic heterocycles. The number of benzene rings is 2. The molecular weight excluding hydrogens is 267 g/mol. The standard InChI is InChI=1S/C17H17FN2O/c1-17(2)12-9-10(7-8-14(12)20-16(17)21)15(19)11-5-3-4-6-13(11)18/h3-9,15H,19H2,1-2H3,(H,20,21). The normalized spacial score (nSPS) is 17.2. The third-order valence-electron chi connectivity index (χ3n) is 4.13. The molecule has 108 valence electrons. The first-order chi connectivity index (χ1) is 9.91. The molecule has 0 radical (unpaired) electrons. The predicted molar refractivity (Wildman–Crippen MR) is 80.5 cm³/mol. The summed E-state index contributed by atoms with van der Waals surface area (Å²) < 4.78 is 13.9. The lowest BCUT2D eigenvalue weighted by molar-refractivity contribution is -0.119. The van der Waals surface area contributed by atoms with E-state index in [0.717, 1.165) is 16.8 Å². The monoisotopic (exact) mass is 284 g/mol. The first kappa shape index (κ1) is 13.8. The molecule has 1 atom stereocenters. The fourth-order valence-corrected chi connectivity index (χ4v) is 2.69. The van der Waals surface area contributed by atoms with Crippen LogP contribution in [0.15, 0.2) is 42.5 Å². The molecule has 1 amide bonds. The lowest BCUT2D eigenvalue weighted by atomic mass is 9.84. The Morgan fingerprint density at radius 3 is 2.62 bits per heavy atom. The Kier molecular flexibility index (Phi) is 3.06. The van der Waals surface area contributed by atoms with E-state index < -0.39 is 11.5 Å². The Balaban J connectivity index is 2.05. The molecule has 0 saturated heterocycles. The number of carbonyl (C=O) groups is 1. The van der Waals surface area contributed by atoms with E-state index in [1.165, 1.54) is 6.07 Å². The minimum atomic E-state index is -0.597. The Labute approximate surface area is 123 Å². The van der Waals surface area contributed by atoms with Gasteiger partial charge in [0.15, 0.2) is 0 Å². The number of hydrogen-bond donors (Lipinski definition) is 2. The van der Waals surface area contributed by atoms with E-state index in [2.05, 4.69) is 5.32 Å². The zero-order valence-corrected chi connectivity index (χ0v) is 12.0. The summed E-state index contributed by atoms with van der Waals surface area (Å²) in [6, 6.07) is 11.5. The minimum absolute atomic E-state index is 0.0332. The van der Waals surface area contributed by atoms with Gasteiger partial charge in [-0.2, -0.15) is 0 Å². The second kappa shape index (κ2) is 4.67. The van der Waals surface area contributed by atoms with Gasteiger partial charge in [-0.3, -0.25) is 4.79 Å². The van der Waals surface area contributed by atoms with Gasteiger partial charge < -0.3 is 11.1 Å². The molecule has 3 nitrogen and oxygen atoms in total. The van der Waals surface area contributed by atoms with Gasteiger partial charge >= 0.3 is 0 Å². The van der Waals surface area contributed by atoms with Crippen LogP contribution in [0.5, 0.6) is 0 Å². The van der Waals surface area contributed by atoms with Crippen LogP contribution in [0.3, 0.4) is 0 Å². The van der Waals surface area contributed by atoms with Crippen LogP contribution in [0, 0.1) is 5.82 Å². The number of halogens is 1. The van der Waals surface area contributed by atoms with Crippen LogP contribution in [0.4, 0.5) is 10.1 Å². The van der Waals surface area contributed by atoms with Gasteiger partial charge in [0.2, 0.25) is 5.91 Å². The van der Waals surface area contributed by atoms with Gasteiger partial charge in [0.1, 0.15) is 5.82 Å². The number of anilines is 1. The second-order valence-corrected chi connectivity index (χ2v) is 5.88. The van der Waals surface area contributed by atoms with Crippen molar-refractivity contribution in [2.75, 3.05) is 5.32 Å². The van der Waals surface area contributed by atoms with Crippen LogP contribution >= 0.6 is 0 Å². The molecule has 0 spiro atoms. The van der Waals surface area contributed by atoms with Crippen molar-refractivity contribution in [1.82, 2.24) is 0 Å². The zero-order chi connectivity index (χ0) is 15.2. The van der Waals surface area contributed by atoms with Crippen LogP contribution in [0.2, 0.25) is 0 Å². The summed E-state index contributed by atoms with van der Waals surface area (Å²) >= 11 is 0. The molecule has 0 saturated carbocycles. The quantitative estimate of drug-likeness (QED) is 0.890. The van der Waals surface area contributed by atoms with Crippen molar-refractivity contribution in [2.24, 2.45) is 5.73 Å². The minimum Gasteiger partial charge on any atom is -0.325 e. The van der Waals surface area contributed by atoms with Crippen LogP contribution < -0.4 is 11.1 Å². The Morgan fingerprint density at radius 2 is 1.90 bits per heavy atom. The molecule has 1 unspecified atom stereocenters. The number of nitrogens with one attached hydrogen (secondary N) is 1. The largest absolute Gasteiger partial charge is 0.325 e. The van der Waals surface area contributed by atoms with Crippen molar-refractivity contribution < 1.29 is 9.18 Å². The maximum Gasteiger partial charge on any atom is 0.234 e. The van der Waals surface area contributed by atoms with Crippen molar-refractivity contribution in [1.29, 1.82) is 0 Å². The van der Waals surface area contributed by atoms with E-state index >= 15 is 0 Å². The highest BCUT2D eigenvalue weighted by Crippen LogP contribution is 2.39. The van der Waals surface area contributed by atoms with E-state index in [-0.39, 0.29) is 11.7 Å². The van der Waals surface area contributed by atoms with E-state index in [1.807, 2.05) is 32.0 Å². The summed E-state index contributed by atoms with van der Waals surface area (Å²) in [4.78, 5) is 12.0. The van der Waals surface area contributed by atoms with E-state index in [0.29, 0.717) is 5.56 Å². The van der Waals surface area contributed by atoms with Gasteiger partial charge in [0, 0.05) is 11.3 Å². The van der Waals surface area contributed by atoms with Crippen molar-refractivity contribution in [3.05, 3.63) is 65.0 Å². The van der Waals surface area contributed by atoms with Crippen LogP contribution in [0.1, 0.15) is 36.6 Å². The molecule has 21 heavy (non-hydrogen) atoms. The van der Waals surface area contributed by atoms with Gasteiger partial charge in [0.25, 0.3) is 0 Å². The third-order valence-corrected chi connectivity index (χ3v) is 4.13. The van der Waals surface area contributed by atoms with Gasteiger partial charge in [-0.1, -0.05) is 30.3 Å². The van der Waals surface area contributed by atoms with Crippen molar-refractivity contribution in [2.45, 2.75) is 25.3 Å². The molecular formula is C17H17FN2O. The number of rotatable bonds is 2. The second-order valence-electron chi connectivity index (χ2n) is 5.88. The van der Waals surface area contributed by atoms with E-state index in [4.69, 9.17) is 5.73 Å². The van der Waals surface area contributed by atoms with E-state index in [1.54, 1.807) is 18.2 Å². The summed E-state index contributed by atoms with van der Waals surface area (Å²) in [7, 11) is 0. The average Bonchev–Trinajstić information content (AvgIpc) is 2.69. The molecule has 0 aromatic heterocycles. The highest BCUT2D eigenvalue weighted by atomic mass is 19.1. The summed E-state index contributed by atoms with van der Waals surface area (Å²) in [5.74, 6) is -0.354. The highest BCUT2D eigenvalue weighted by molar-refractivity contribution is 6.05. The maximum atomic E-state index is 13.9. The molecule has 3 N–H and O–H groups in total. The Morgan fingerprint density at radius 1 is 1.19 bits per heavy atom. The summed E-state index contributed by atoms with van der Waals surface area (Å²) in [6.07, 6.45) is 0. The van der Waals surface area contributed by atoms with Crippen LogP contribution in [0.25, 0.3) is 0 Å². The average molecular weight is 284 g/mol. The van der Waals surface area contributed by atoms with Crippen LogP contribution in [-0.2, 0) is 10.2 Å². The number of amides is 1. The van der Waals surface area contributed by atoms with E-state index in [9.17, 15) is 9.18 Å². The molecule has 0 aliphatic carbocycles.